The first-order valence-corrected chi connectivity index (χ1v) is 8.69. The molecule has 0 bridgehead atoms. The third kappa shape index (κ3) is 2.44. The number of aromatic nitrogens is 5. The molecule has 0 saturated carbocycles. The zero-order valence-electron chi connectivity index (χ0n) is 15.1. The minimum Gasteiger partial charge on any atom is -0.279 e. The van der Waals surface area contributed by atoms with Gasteiger partial charge in [-0.2, -0.15) is 4.98 Å². The number of nitrogens with zero attached hydrogens (tertiary/aromatic N) is 4. The van der Waals surface area contributed by atoms with Crippen molar-refractivity contribution in [2.24, 2.45) is 7.05 Å². The van der Waals surface area contributed by atoms with Gasteiger partial charge in [0.1, 0.15) is 11.6 Å². The van der Waals surface area contributed by atoms with Crippen LogP contribution in [-0.4, -0.2) is 23.5 Å². The van der Waals surface area contributed by atoms with Gasteiger partial charge in [-0.1, -0.05) is 12.1 Å². The lowest BCUT2D eigenvalue weighted by atomic mass is 10.1. The van der Waals surface area contributed by atoms with Crippen molar-refractivity contribution < 1.29 is 8.78 Å². The van der Waals surface area contributed by atoms with E-state index in [-0.39, 0.29) is 22.6 Å². The van der Waals surface area contributed by atoms with E-state index in [9.17, 15) is 18.4 Å². The summed E-state index contributed by atoms with van der Waals surface area (Å²) in [5.41, 5.74) is 0.442. The maximum atomic E-state index is 14.7. The molecule has 0 radical (unpaired) electrons. The summed E-state index contributed by atoms with van der Waals surface area (Å²) in [7, 11) is 1.49. The van der Waals surface area contributed by atoms with Crippen LogP contribution in [0.3, 0.4) is 0 Å². The molecule has 0 fully saturated rings. The molecular weight excluding hydrogens is 380 g/mol. The molecule has 29 heavy (non-hydrogen) atoms. The van der Waals surface area contributed by atoms with E-state index in [0.717, 1.165) is 0 Å². The topological polar surface area (TPSA) is 77.1 Å². The van der Waals surface area contributed by atoms with E-state index in [1.807, 2.05) is 0 Å². The normalized spacial score (nSPS) is 11.6. The Kier molecular flexibility index (Phi) is 3.54. The van der Waals surface area contributed by atoms with Gasteiger partial charge in [0.25, 0.3) is 5.56 Å². The molecule has 5 aromatic rings. The van der Waals surface area contributed by atoms with Crippen LogP contribution in [0.4, 0.5) is 8.78 Å². The molecule has 0 spiro atoms. The number of nitrogens with one attached hydrogen (secondary N) is 1. The van der Waals surface area contributed by atoms with Crippen LogP contribution < -0.4 is 11.2 Å². The lowest BCUT2D eigenvalue weighted by molar-refractivity contribution is 0.619. The average molecular weight is 393 g/mol. The number of rotatable bonds is 2. The summed E-state index contributed by atoms with van der Waals surface area (Å²) in [5.74, 6) is -0.653. The van der Waals surface area contributed by atoms with Crippen molar-refractivity contribution >= 4 is 16.9 Å². The Hall–Kier alpha value is -4.01. The molecule has 5 rings (SSSR count). The summed E-state index contributed by atoms with van der Waals surface area (Å²) < 4.78 is 32.3. The van der Waals surface area contributed by atoms with Gasteiger partial charge in [0.05, 0.1) is 11.4 Å². The smallest absolute Gasteiger partial charge is 0.279 e. The number of halogens is 2. The molecule has 0 amide bonds. The predicted octanol–water partition coefficient (Wildman–Crippen LogP) is 2.61. The average Bonchev–Trinajstić information content (AvgIpc) is 3.24. The minimum atomic E-state index is -0.605. The van der Waals surface area contributed by atoms with Gasteiger partial charge in [-0.05, 0) is 36.4 Å². The Morgan fingerprint density at radius 2 is 1.72 bits per heavy atom. The van der Waals surface area contributed by atoms with Gasteiger partial charge in [0.15, 0.2) is 11.2 Å². The van der Waals surface area contributed by atoms with Crippen molar-refractivity contribution in [2.75, 3.05) is 0 Å². The standard InChI is InChI=1S/C20H13F2N5O2/c1-25-17-16(18(28)24-20(25)29)26-10-15(11-6-8-12(21)9-7-11)27(19(26)23-17)14-5-3-2-4-13(14)22/h2-10H,1H3,(H,24,28,29). The highest BCUT2D eigenvalue weighted by molar-refractivity contribution is 5.79. The van der Waals surface area contributed by atoms with Crippen molar-refractivity contribution in [2.45, 2.75) is 0 Å². The summed E-state index contributed by atoms with van der Waals surface area (Å²) in [4.78, 5) is 31.1. The van der Waals surface area contributed by atoms with E-state index in [2.05, 4.69) is 9.97 Å². The number of fused-ring (bicyclic) bond motifs is 3. The van der Waals surface area contributed by atoms with Crippen molar-refractivity contribution in [1.29, 1.82) is 0 Å². The van der Waals surface area contributed by atoms with E-state index in [4.69, 9.17) is 0 Å². The fourth-order valence-electron chi connectivity index (χ4n) is 3.45. The van der Waals surface area contributed by atoms with Crippen LogP contribution in [0.15, 0.2) is 64.3 Å². The second kappa shape index (κ2) is 5.99. The van der Waals surface area contributed by atoms with E-state index >= 15 is 0 Å². The van der Waals surface area contributed by atoms with Crippen LogP contribution in [0.5, 0.6) is 0 Å². The minimum absolute atomic E-state index is 0.153. The number of imidazole rings is 2. The number of aryl methyl sites for hydroxylation is 1. The SMILES string of the molecule is Cn1c(=O)[nH]c(=O)c2c1nc1n(-c3ccccc3F)c(-c3ccc(F)cc3)cn21. The Morgan fingerprint density at radius 3 is 2.45 bits per heavy atom. The summed E-state index contributed by atoms with van der Waals surface area (Å²) >= 11 is 0. The first-order valence-electron chi connectivity index (χ1n) is 8.69. The highest BCUT2D eigenvalue weighted by Gasteiger charge is 2.21. The van der Waals surface area contributed by atoms with Gasteiger partial charge in [0, 0.05) is 18.8 Å². The molecule has 1 N–H and O–H groups in total. The van der Waals surface area contributed by atoms with Crippen LogP contribution in [0.2, 0.25) is 0 Å². The summed E-state index contributed by atoms with van der Waals surface area (Å²) in [6, 6.07) is 11.8. The maximum Gasteiger partial charge on any atom is 0.329 e. The Morgan fingerprint density at radius 1 is 1.00 bits per heavy atom. The van der Waals surface area contributed by atoms with Crippen LogP contribution in [-0.2, 0) is 7.05 Å². The quantitative estimate of drug-likeness (QED) is 0.501. The molecule has 9 heteroatoms. The number of H-pyrrole nitrogens is 1. The number of hydrogen-bond acceptors (Lipinski definition) is 3. The zero-order chi connectivity index (χ0) is 20.3. The van der Waals surface area contributed by atoms with Crippen molar-refractivity contribution in [1.82, 2.24) is 23.5 Å². The monoisotopic (exact) mass is 393 g/mol. The van der Waals surface area contributed by atoms with Crippen molar-refractivity contribution in [3.05, 3.63) is 87.2 Å². The summed E-state index contributed by atoms with van der Waals surface area (Å²) in [6.45, 7) is 0. The lowest BCUT2D eigenvalue weighted by Gasteiger charge is -2.10. The van der Waals surface area contributed by atoms with Crippen LogP contribution in [0.25, 0.3) is 33.9 Å². The molecule has 0 aliphatic rings. The fraction of sp³-hybridized carbons (Fsp3) is 0.0500. The third-order valence-corrected chi connectivity index (χ3v) is 4.86. The number of hydrogen-bond donors (Lipinski definition) is 1. The molecule has 3 heterocycles. The Balaban J connectivity index is 1.97. The molecule has 7 nitrogen and oxygen atoms in total. The molecule has 0 saturated heterocycles. The van der Waals surface area contributed by atoms with Crippen LogP contribution >= 0.6 is 0 Å². The molecule has 0 atom stereocenters. The van der Waals surface area contributed by atoms with Gasteiger partial charge >= 0.3 is 5.69 Å². The van der Waals surface area contributed by atoms with Crippen LogP contribution in [0.1, 0.15) is 0 Å². The molecule has 0 aliphatic carbocycles. The maximum absolute atomic E-state index is 14.7. The van der Waals surface area contributed by atoms with Crippen molar-refractivity contribution in [3.63, 3.8) is 0 Å². The third-order valence-electron chi connectivity index (χ3n) is 4.86. The number of aromatic amines is 1. The van der Waals surface area contributed by atoms with E-state index in [1.54, 1.807) is 36.5 Å². The van der Waals surface area contributed by atoms with Crippen LogP contribution in [0, 0.1) is 11.6 Å². The van der Waals surface area contributed by atoms with Gasteiger partial charge in [-0.15, -0.1) is 0 Å². The highest BCUT2D eigenvalue weighted by Crippen LogP contribution is 2.29. The lowest BCUT2D eigenvalue weighted by Crippen LogP contribution is -2.28. The summed E-state index contributed by atoms with van der Waals surface area (Å²) in [6.07, 6.45) is 1.62. The highest BCUT2D eigenvalue weighted by atomic mass is 19.1. The van der Waals surface area contributed by atoms with E-state index in [1.165, 1.54) is 38.8 Å². The Bertz CT molecular complexity index is 1520. The molecule has 2 aromatic carbocycles. The van der Waals surface area contributed by atoms with Gasteiger partial charge in [-0.25, -0.2) is 13.6 Å². The Labute approximate surface area is 161 Å². The second-order valence-corrected chi connectivity index (χ2v) is 6.58. The van der Waals surface area contributed by atoms with E-state index < -0.39 is 22.9 Å². The molecule has 0 unspecified atom stereocenters. The second-order valence-electron chi connectivity index (χ2n) is 6.58. The molecule has 0 aliphatic heterocycles. The zero-order valence-corrected chi connectivity index (χ0v) is 15.1. The fourth-order valence-corrected chi connectivity index (χ4v) is 3.45. The number of benzene rings is 2. The first kappa shape index (κ1) is 17.1. The predicted molar refractivity (Wildman–Crippen MR) is 103 cm³/mol. The number of para-hydroxylation sites is 1. The summed E-state index contributed by atoms with van der Waals surface area (Å²) in [5, 5.41) is 0. The largest absolute Gasteiger partial charge is 0.329 e. The first-order chi connectivity index (χ1) is 14.0. The van der Waals surface area contributed by atoms with Gasteiger partial charge in [-0.3, -0.25) is 23.3 Å². The molecular formula is C20H13F2N5O2. The van der Waals surface area contributed by atoms with E-state index in [0.29, 0.717) is 11.3 Å². The van der Waals surface area contributed by atoms with Gasteiger partial charge in [0.2, 0.25) is 5.78 Å². The molecule has 144 valence electrons. The van der Waals surface area contributed by atoms with Gasteiger partial charge < -0.3 is 0 Å². The van der Waals surface area contributed by atoms with Crippen molar-refractivity contribution in [3.8, 4) is 16.9 Å². The molecule has 3 aromatic heterocycles.